The Morgan fingerprint density at radius 3 is 2.85 bits per heavy atom. The maximum absolute atomic E-state index is 11.8. The van der Waals surface area contributed by atoms with Crippen molar-refractivity contribution in [1.29, 1.82) is 0 Å². The molecule has 0 atom stereocenters. The summed E-state index contributed by atoms with van der Waals surface area (Å²) in [6, 6.07) is 1.48. The quantitative estimate of drug-likeness (QED) is 0.900. The number of aryl methyl sites for hydroxylation is 1. The van der Waals surface area contributed by atoms with Crippen LogP contribution in [0.3, 0.4) is 0 Å². The van der Waals surface area contributed by atoms with E-state index in [1.54, 1.807) is 6.92 Å². The summed E-state index contributed by atoms with van der Waals surface area (Å²) in [5.41, 5.74) is -0.0110. The molecule has 2 aromatic heterocycles. The van der Waals surface area contributed by atoms with E-state index in [1.807, 2.05) is 13.8 Å². The fraction of sp³-hybridized carbons (Fsp3) is 0.615. The topological polar surface area (TPSA) is 70.7 Å². The molecule has 0 aliphatic carbocycles. The van der Waals surface area contributed by atoms with Crippen LogP contribution in [0.25, 0.3) is 4.96 Å². The van der Waals surface area contributed by atoms with Gasteiger partial charge in [-0.05, 0) is 12.8 Å². The predicted molar refractivity (Wildman–Crippen MR) is 76.9 cm³/mol. The molecule has 0 spiro atoms. The molecule has 1 saturated heterocycles. The van der Waals surface area contributed by atoms with Gasteiger partial charge in [0.25, 0.3) is 5.56 Å². The van der Waals surface area contributed by atoms with E-state index in [0.29, 0.717) is 30.3 Å². The number of hydrogen-bond donors (Lipinski definition) is 1. The average Bonchev–Trinajstić information content (AvgIpc) is 2.69. The summed E-state index contributed by atoms with van der Waals surface area (Å²) in [7, 11) is 0. The summed E-state index contributed by atoms with van der Waals surface area (Å²) in [5.74, 6) is 0.251. The summed E-state index contributed by atoms with van der Waals surface area (Å²) < 4.78 is 1.35. The van der Waals surface area contributed by atoms with Crippen molar-refractivity contribution in [1.82, 2.24) is 19.5 Å². The van der Waals surface area contributed by atoms with Crippen molar-refractivity contribution in [2.75, 3.05) is 13.1 Å². The molecular weight excluding hydrogens is 276 g/mol. The first-order valence-electron chi connectivity index (χ1n) is 6.68. The Labute approximate surface area is 120 Å². The number of rotatable bonds is 3. The van der Waals surface area contributed by atoms with Gasteiger partial charge < -0.3 is 5.11 Å². The van der Waals surface area contributed by atoms with Crippen LogP contribution in [0.1, 0.15) is 24.5 Å². The fourth-order valence-electron chi connectivity index (χ4n) is 2.42. The SMILES string of the molecule is Cc1cc(=O)n2nc(CN3CC(O)(C(C)C)C3)sc2n1. The normalized spacial score (nSPS) is 18.6. The lowest BCUT2D eigenvalue weighted by molar-refractivity contribution is -0.130. The minimum absolute atomic E-state index is 0.141. The Kier molecular flexibility index (Phi) is 3.15. The molecule has 0 saturated carbocycles. The van der Waals surface area contributed by atoms with Crippen LogP contribution in [0, 0.1) is 12.8 Å². The second-order valence-corrected chi connectivity index (χ2v) is 6.87. The van der Waals surface area contributed by atoms with E-state index in [2.05, 4.69) is 15.0 Å². The zero-order valence-corrected chi connectivity index (χ0v) is 12.6. The number of hydrogen-bond acceptors (Lipinski definition) is 6. The predicted octanol–water partition coefficient (Wildman–Crippen LogP) is 0.662. The molecule has 2 aromatic rings. The third kappa shape index (κ3) is 2.25. The van der Waals surface area contributed by atoms with E-state index < -0.39 is 5.60 Å². The summed E-state index contributed by atoms with van der Waals surface area (Å²) in [4.78, 5) is 18.9. The van der Waals surface area contributed by atoms with Crippen LogP contribution in [0.2, 0.25) is 0 Å². The lowest BCUT2D eigenvalue weighted by atomic mass is 9.83. The molecule has 1 aliphatic rings. The van der Waals surface area contributed by atoms with Gasteiger partial charge in [-0.15, -0.1) is 0 Å². The van der Waals surface area contributed by atoms with Crippen molar-refractivity contribution in [3.63, 3.8) is 0 Å². The van der Waals surface area contributed by atoms with E-state index in [9.17, 15) is 9.90 Å². The molecular formula is C13H18N4O2S. The largest absolute Gasteiger partial charge is 0.387 e. The van der Waals surface area contributed by atoms with Crippen LogP contribution in [-0.2, 0) is 6.54 Å². The van der Waals surface area contributed by atoms with Gasteiger partial charge in [0.2, 0.25) is 4.96 Å². The highest BCUT2D eigenvalue weighted by Gasteiger charge is 2.43. The molecule has 0 amide bonds. The molecule has 1 N–H and O–H groups in total. The van der Waals surface area contributed by atoms with Crippen molar-refractivity contribution < 1.29 is 5.11 Å². The van der Waals surface area contributed by atoms with Crippen molar-refractivity contribution in [3.8, 4) is 0 Å². The minimum Gasteiger partial charge on any atom is -0.387 e. The summed E-state index contributed by atoms with van der Waals surface area (Å²) in [5, 5.41) is 15.4. The first-order chi connectivity index (χ1) is 9.37. The Morgan fingerprint density at radius 2 is 2.20 bits per heavy atom. The number of nitrogens with zero attached hydrogens (tertiary/aromatic N) is 4. The number of β-amino-alcohol motifs (C(OH)–C–C–N with tert-alkyl or cyclic N) is 1. The molecule has 1 aliphatic heterocycles. The number of aromatic nitrogens is 3. The zero-order valence-electron chi connectivity index (χ0n) is 11.8. The van der Waals surface area contributed by atoms with E-state index >= 15 is 0 Å². The second-order valence-electron chi connectivity index (χ2n) is 5.83. The Bertz CT molecular complexity index is 700. The van der Waals surface area contributed by atoms with E-state index in [1.165, 1.54) is 21.9 Å². The summed E-state index contributed by atoms with van der Waals surface area (Å²) in [6.45, 7) is 7.83. The highest BCUT2D eigenvalue weighted by molar-refractivity contribution is 7.16. The Hall–Kier alpha value is -1.31. The lowest BCUT2D eigenvalue weighted by Gasteiger charge is -2.48. The first kappa shape index (κ1) is 13.7. The van der Waals surface area contributed by atoms with Crippen LogP contribution in [-0.4, -0.2) is 43.3 Å². The van der Waals surface area contributed by atoms with Gasteiger partial charge in [0.15, 0.2) is 0 Å². The van der Waals surface area contributed by atoms with Gasteiger partial charge in [0.05, 0.1) is 12.1 Å². The third-order valence-electron chi connectivity index (χ3n) is 3.84. The van der Waals surface area contributed by atoms with Gasteiger partial charge in [0, 0.05) is 24.8 Å². The van der Waals surface area contributed by atoms with Gasteiger partial charge in [-0.1, -0.05) is 25.2 Å². The van der Waals surface area contributed by atoms with Crippen LogP contribution >= 0.6 is 11.3 Å². The molecule has 0 radical (unpaired) electrons. The molecule has 1 fully saturated rings. The Balaban J connectivity index is 1.77. The van der Waals surface area contributed by atoms with E-state index in [0.717, 1.165) is 5.01 Å². The monoisotopic (exact) mass is 294 g/mol. The molecule has 7 heteroatoms. The highest BCUT2D eigenvalue weighted by atomic mass is 32.1. The van der Waals surface area contributed by atoms with Crippen molar-refractivity contribution in [3.05, 3.63) is 27.1 Å². The molecule has 3 rings (SSSR count). The number of likely N-dealkylation sites (tertiary alicyclic amines) is 1. The maximum atomic E-state index is 11.8. The summed E-state index contributed by atoms with van der Waals surface area (Å²) >= 11 is 1.43. The number of fused-ring (bicyclic) bond motifs is 1. The molecule has 0 aromatic carbocycles. The number of aliphatic hydroxyl groups is 1. The van der Waals surface area contributed by atoms with E-state index in [4.69, 9.17) is 0 Å². The zero-order chi connectivity index (χ0) is 14.5. The molecule has 108 valence electrons. The van der Waals surface area contributed by atoms with Crippen molar-refractivity contribution in [2.45, 2.75) is 32.9 Å². The first-order valence-corrected chi connectivity index (χ1v) is 7.50. The standard InChI is InChI=1S/C13H18N4O2S/c1-8(2)13(19)6-16(7-13)5-10-15-17-11(18)4-9(3)14-12(17)20-10/h4,8,19H,5-7H2,1-3H3. The van der Waals surface area contributed by atoms with Gasteiger partial charge in [-0.2, -0.15) is 9.61 Å². The summed E-state index contributed by atoms with van der Waals surface area (Å²) in [6.07, 6.45) is 0. The van der Waals surface area contributed by atoms with Gasteiger partial charge in [0.1, 0.15) is 5.01 Å². The van der Waals surface area contributed by atoms with Crippen LogP contribution < -0.4 is 5.56 Å². The molecule has 6 nitrogen and oxygen atoms in total. The van der Waals surface area contributed by atoms with Gasteiger partial charge >= 0.3 is 0 Å². The van der Waals surface area contributed by atoms with Crippen LogP contribution in [0.5, 0.6) is 0 Å². The van der Waals surface area contributed by atoms with Crippen LogP contribution in [0.4, 0.5) is 0 Å². The molecule has 20 heavy (non-hydrogen) atoms. The molecule has 0 bridgehead atoms. The van der Waals surface area contributed by atoms with E-state index in [-0.39, 0.29) is 11.5 Å². The lowest BCUT2D eigenvalue weighted by Crippen LogP contribution is -2.63. The van der Waals surface area contributed by atoms with Crippen LogP contribution in [0.15, 0.2) is 10.9 Å². The van der Waals surface area contributed by atoms with Gasteiger partial charge in [-0.3, -0.25) is 9.69 Å². The highest BCUT2D eigenvalue weighted by Crippen LogP contribution is 2.30. The second kappa shape index (κ2) is 4.61. The van der Waals surface area contributed by atoms with Gasteiger partial charge in [-0.25, -0.2) is 4.98 Å². The third-order valence-corrected chi connectivity index (χ3v) is 4.74. The molecule has 3 heterocycles. The Morgan fingerprint density at radius 1 is 1.50 bits per heavy atom. The average molecular weight is 294 g/mol. The smallest absolute Gasteiger partial charge is 0.275 e. The molecule has 0 unspecified atom stereocenters. The fourth-order valence-corrected chi connectivity index (χ4v) is 3.41. The minimum atomic E-state index is -0.581. The maximum Gasteiger partial charge on any atom is 0.275 e. The van der Waals surface area contributed by atoms with Crippen molar-refractivity contribution in [2.24, 2.45) is 5.92 Å². The van der Waals surface area contributed by atoms with Crippen molar-refractivity contribution >= 4 is 16.3 Å².